The molecule has 8 heteroatoms. The third kappa shape index (κ3) is 4.69. The Morgan fingerprint density at radius 2 is 1.96 bits per heavy atom. The Morgan fingerprint density at radius 1 is 1.29 bits per heavy atom. The molecule has 1 aromatic carbocycles. The Labute approximate surface area is 141 Å². The highest BCUT2D eigenvalue weighted by Gasteiger charge is 2.18. The minimum absolute atomic E-state index is 0.0542. The van der Waals surface area contributed by atoms with Crippen LogP contribution in [0.4, 0.5) is 11.5 Å². The molecule has 0 aliphatic carbocycles. The summed E-state index contributed by atoms with van der Waals surface area (Å²) in [5, 5.41) is 9.46. The number of carboxylic acid groups (broad SMARTS) is 1. The largest absolute Gasteiger partial charge is 0.478 e. The van der Waals surface area contributed by atoms with Crippen molar-refractivity contribution in [3.63, 3.8) is 0 Å². The van der Waals surface area contributed by atoms with Gasteiger partial charge in [-0.25, -0.2) is 18.2 Å². The lowest BCUT2D eigenvalue weighted by molar-refractivity contribution is 0.0697. The van der Waals surface area contributed by atoms with E-state index in [1.54, 1.807) is 0 Å². The Kier molecular flexibility index (Phi) is 5.40. The first-order valence-corrected chi connectivity index (χ1v) is 9.19. The van der Waals surface area contributed by atoms with Crippen molar-refractivity contribution in [2.24, 2.45) is 0 Å². The van der Waals surface area contributed by atoms with Crippen LogP contribution < -0.4 is 9.62 Å². The van der Waals surface area contributed by atoms with Crippen molar-refractivity contribution < 1.29 is 18.3 Å². The Hall–Kier alpha value is -2.61. The summed E-state index contributed by atoms with van der Waals surface area (Å²) in [7, 11) is -3.50. The molecule has 0 aliphatic rings. The first-order chi connectivity index (χ1) is 11.3. The topological polar surface area (TPSA) is 99.6 Å². The average molecular weight is 349 g/mol. The molecule has 1 aromatic heterocycles. The fourth-order valence-electron chi connectivity index (χ4n) is 2.28. The van der Waals surface area contributed by atoms with Crippen LogP contribution in [0.2, 0.25) is 0 Å². The van der Waals surface area contributed by atoms with Crippen LogP contribution in [-0.2, 0) is 16.6 Å². The maximum Gasteiger partial charge on any atom is 0.339 e. The fourth-order valence-corrected chi connectivity index (χ4v) is 2.82. The highest BCUT2D eigenvalue weighted by molar-refractivity contribution is 7.92. The molecule has 2 aromatic rings. The number of nitrogens with one attached hydrogen (secondary N) is 1. The number of sulfonamides is 1. The standard InChI is InChI=1S/C16H19N3O4S/c1-3-19(11-12-7-5-4-6-8-12)15-14(16(20)21)9-13(10-17-15)18-24(2,22)23/h4-10,18H,3,11H2,1-2H3,(H,20,21). The van der Waals surface area contributed by atoms with Crippen LogP contribution in [0.3, 0.4) is 0 Å². The maximum absolute atomic E-state index is 11.6. The van der Waals surface area contributed by atoms with E-state index in [9.17, 15) is 18.3 Å². The summed E-state index contributed by atoms with van der Waals surface area (Å²) >= 11 is 0. The number of anilines is 2. The van der Waals surface area contributed by atoms with E-state index in [4.69, 9.17) is 0 Å². The van der Waals surface area contributed by atoms with Gasteiger partial charge in [0.05, 0.1) is 18.1 Å². The van der Waals surface area contributed by atoms with Gasteiger partial charge in [0.15, 0.2) is 0 Å². The van der Waals surface area contributed by atoms with E-state index in [0.29, 0.717) is 18.9 Å². The van der Waals surface area contributed by atoms with Crippen molar-refractivity contribution in [3.05, 3.63) is 53.7 Å². The molecule has 128 valence electrons. The molecule has 0 saturated carbocycles. The molecule has 0 aliphatic heterocycles. The number of benzene rings is 1. The molecule has 0 saturated heterocycles. The second kappa shape index (κ2) is 7.31. The van der Waals surface area contributed by atoms with Gasteiger partial charge in [-0.3, -0.25) is 4.72 Å². The predicted molar refractivity (Wildman–Crippen MR) is 92.8 cm³/mol. The van der Waals surface area contributed by atoms with Gasteiger partial charge in [0.2, 0.25) is 10.0 Å². The van der Waals surface area contributed by atoms with Crippen molar-refractivity contribution in [2.45, 2.75) is 13.5 Å². The van der Waals surface area contributed by atoms with E-state index in [1.807, 2.05) is 42.2 Å². The Morgan fingerprint density at radius 3 is 2.50 bits per heavy atom. The zero-order valence-corrected chi connectivity index (χ0v) is 14.2. The highest BCUT2D eigenvalue weighted by Crippen LogP contribution is 2.23. The summed E-state index contributed by atoms with van der Waals surface area (Å²) in [6, 6.07) is 10.9. The van der Waals surface area contributed by atoms with Gasteiger partial charge in [-0.1, -0.05) is 30.3 Å². The average Bonchev–Trinajstić information content (AvgIpc) is 2.52. The van der Waals surface area contributed by atoms with Gasteiger partial charge in [-0.2, -0.15) is 0 Å². The molecule has 24 heavy (non-hydrogen) atoms. The van der Waals surface area contributed by atoms with Crippen molar-refractivity contribution in [1.82, 2.24) is 4.98 Å². The van der Waals surface area contributed by atoms with Gasteiger partial charge in [0.25, 0.3) is 0 Å². The number of aromatic nitrogens is 1. The van der Waals surface area contributed by atoms with E-state index < -0.39 is 16.0 Å². The molecule has 0 unspecified atom stereocenters. The lowest BCUT2D eigenvalue weighted by Crippen LogP contribution is -2.25. The molecule has 0 amide bonds. The first kappa shape index (κ1) is 17.7. The minimum atomic E-state index is -3.50. The molecular weight excluding hydrogens is 330 g/mol. The monoisotopic (exact) mass is 349 g/mol. The van der Waals surface area contributed by atoms with Crippen LogP contribution >= 0.6 is 0 Å². The molecule has 0 atom stereocenters. The molecule has 2 rings (SSSR count). The molecule has 0 fully saturated rings. The van der Waals surface area contributed by atoms with Crippen molar-refractivity contribution >= 4 is 27.5 Å². The van der Waals surface area contributed by atoms with E-state index in [0.717, 1.165) is 11.8 Å². The molecular formula is C16H19N3O4S. The number of rotatable bonds is 7. The van der Waals surface area contributed by atoms with Gasteiger partial charge in [-0.05, 0) is 18.6 Å². The summed E-state index contributed by atoms with van der Waals surface area (Å²) in [6.45, 7) is 2.96. The number of hydrogen-bond acceptors (Lipinski definition) is 5. The molecule has 0 radical (unpaired) electrons. The molecule has 0 spiro atoms. The second-order valence-corrected chi connectivity index (χ2v) is 7.02. The van der Waals surface area contributed by atoms with Gasteiger partial charge in [-0.15, -0.1) is 0 Å². The SMILES string of the molecule is CCN(Cc1ccccc1)c1ncc(NS(C)(=O)=O)cc1C(=O)O. The van der Waals surface area contributed by atoms with Crippen LogP contribution in [0.1, 0.15) is 22.8 Å². The number of hydrogen-bond donors (Lipinski definition) is 2. The normalized spacial score (nSPS) is 11.1. The van der Waals surface area contributed by atoms with Crippen molar-refractivity contribution in [2.75, 3.05) is 22.4 Å². The predicted octanol–water partition coefficient (Wildman–Crippen LogP) is 2.18. The van der Waals surface area contributed by atoms with Crippen molar-refractivity contribution in [1.29, 1.82) is 0 Å². The van der Waals surface area contributed by atoms with E-state index in [2.05, 4.69) is 9.71 Å². The maximum atomic E-state index is 11.6. The number of nitrogens with zero attached hydrogens (tertiary/aromatic N) is 2. The summed E-state index contributed by atoms with van der Waals surface area (Å²) < 4.78 is 24.8. The van der Waals surface area contributed by atoms with E-state index in [1.165, 1.54) is 12.3 Å². The third-order valence-corrected chi connectivity index (χ3v) is 3.90. The van der Waals surface area contributed by atoms with Crippen LogP contribution in [-0.4, -0.2) is 37.3 Å². The first-order valence-electron chi connectivity index (χ1n) is 7.30. The second-order valence-electron chi connectivity index (χ2n) is 5.27. The van der Waals surface area contributed by atoms with Crippen molar-refractivity contribution in [3.8, 4) is 0 Å². The Bertz CT molecular complexity index is 822. The lowest BCUT2D eigenvalue weighted by atomic mass is 10.2. The summed E-state index contributed by atoms with van der Waals surface area (Å²) in [5.41, 5.74) is 1.09. The zero-order chi connectivity index (χ0) is 17.7. The Balaban J connectivity index is 2.38. The van der Waals surface area contributed by atoms with Crippen LogP contribution in [0.15, 0.2) is 42.6 Å². The van der Waals surface area contributed by atoms with Gasteiger partial charge < -0.3 is 10.0 Å². The van der Waals surface area contributed by atoms with Gasteiger partial charge >= 0.3 is 5.97 Å². The van der Waals surface area contributed by atoms with Gasteiger partial charge in [0, 0.05) is 13.1 Å². The van der Waals surface area contributed by atoms with E-state index in [-0.39, 0.29) is 11.3 Å². The summed E-state index contributed by atoms with van der Waals surface area (Å²) in [4.78, 5) is 17.6. The molecule has 7 nitrogen and oxygen atoms in total. The molecule has 1 heterocycles. The van der Waals surface area contributed by atoms with Gasteiger partial charge in [0.1, 0.15) is 11.4 Å². The molecule has 2 N–H and O–H groups in total. The third-order valence-electron chi connectivity index (χ3n) is 3.30. The summed E-state index contributed by atoms with van der Waals surface area (Å²) in [6.07, 6.45) is 2.31. The number of carboxylic acids is 1. The number of carbonyl (C=O) groups is 1. The lowest BCUT2D eigenvalue weighted by Gasteiger charge is -2.24. The number of aromatic carboxylic acids is 1. The zero-order valence-electron chi connectivity index (χ0n) is 13.4. The summed E-state index contributed by atoms with van der Waals surface area (Å²) in [5.74, 6) is -0.867. The fraction of sp³-hybridized carbons (Fsp3) is 0.250. The quantitative estimate of drug-likeness (QED) is 0.795. The molecule has 0 bridgehead atoms. The van der Waals surface area contributed by atoms with Crippen LogP contribution in [0.5, 0.6) is 0 Å². The highest BCUT2D eigenvalue weighted by atomic mass is 32.2. The van der Waals surface area contributed by atoms with Crippen LogP contribution in [0, 0.1) is 0 Å². The minimum Gasteiger partial charge on any atom is -0.478 e. The smallest absolute Gasteiger partial charge is 0.339 e. The van der Waals surface area contributed by atoms with E-state index >= 15 is 0 Å². The number of pyridine rings is 1. The van der Waals surface area contributed by atoms with Crippen LogP contribution in [0.25, 0.3) is 0 Å².